The van der Waals surface area contributed by atoms with Gasteiger partial charge in [0.05, 0.1) is 16.5 Å². The summed E-state index contributed by atoms with van der Waals surface area (Å²) >= 11 is 2.02. The number of carbonyl (C=O) groups excluding carboxylic acids is 6. The highest BCUT2D eigenvalue weighted by Gasteiger charge is 2.33. The summed E-state index contributed by atoms with van der Waals surface area (Å²) in [5.41, 5.74) is 12.4. The van der Waals surface area contributed by atoms with Crippen molar-refractivity contribution in [3.05, 3.63) is 62.7 Å². The number of aryl methyl sites for hydroxylation is 1. The summed E-state index contributed by atoms with van der Waals surface area (Å²) < 4.78 is 0.691. The molecule has 6 amide bonds. The number of likely N-dealkylation sites (N-methyl/N-ethyl adjacent to an activating group) is 1. The lowest BCUT2D eigenvalue weighted by Gasteiger charge is -2.31. The van der Waals surface area contributed by atoms with Crippen molar-refractivity contribution in [1.82, 2.24) is 31.5 Å². The molecule has 1 heterocycles. The van der Waals surface area contributed by atoms with Gasteiger partial charge in [0, 0.05) is 38.7 Å². The maximum atomic E-state index is 14.1. The van der Waals surface area contributed by atoms with Crippen LogP contribution in [0.3, 0.4) is 0 Å². The largest absolute Gasteiger partial charge is 0.507 e. The third-order valence-corrected chi connectivity index (χ3v) is 9.52. The number of aliphatic imine (C=N–C) groups is 1. The van der Waals surface area contributed by atoms with E-state index < -0.39 is 66.6 Å². The highest BCUT2D eigenvalue weighted by atomic mass is 127. The molecule has 0 radical (unpaired) electrons. The highest BCUT2D eigenvalue weighted by Crippen LogP contribution is 2.21. The number of phenolic OH excluding ortho intramolecular Hbond substituents is 1. The van der Waals surface area contributed by atoms with Crippen LogP contribution in [-0.2, 0) is 41.7 Å². The Morgan fingerprint density at radius 2 is 1.69 bits per heavy atom. The average molecular weight is 878 g/mol. The number of benzene rings is 2. The fraction of sp³-hybridized carbons (Fsp3) is 0.444. The summed E-state index contributed by atoms with van der Waals surface area (Å²) in [5, 5.41) is 32.0. The monoisotopic (exact) mass is 877 g/mol. The van der Waals surface area contributed by atoms with Gasteiger partial charge in [-0.1, -0.05) is 18.2 Å². The van der Waals surface area contributed by atoms with E-state index in [0.29, 0.717) is 34.9 Å². The summed E-state index contributed by atoms with van der Waals surface area (Å²) in [5.74, 6) is -5.03. The first kappa shape index (κ1) is 43.9. The van der Waals surface area contributed by atoms with Gasteiger partial charge in [-0.3, -0.25) is 38.6 Å². The number of hydrogen-bond donors (Lipinski definition) is 9. The topological polar surface area (TPSA) is 288 Å². The smallest absolute Gasteiger partial charge is 0.305 e. The van der Waals surface area contributed by atoms with Gasteiger partial charge in [-0.2, -0.15) is 0 Å². The van der Waals surface area contributed by atoms with Crippen LogP contribution in [0.25, 0.3) is 0 Å². The predicted molar refractivity (Wildman–Crippen MR) is 209 cm³/mol. The van der Waals surface area contributed by atoms with Crippen molar-refractivity contribution in [2.24, 2.45) is 16.5 Å². The maximum Gasteiger partial charge on any atom is 0.305 e. The van der Waals surface area contributed by atoms with E-state index in [-0.39, 0.29) is 62.0 Å². The van der Waals surface area contributed by atoms with E-state index in [0.717, 1.165) is 5.56 Å². The number of unbranched alkanes of at least 4 members (excludes halogenated alkanes) is 1. The second-order valence-corrected chi connectivity index (χ2v) is 14.1. The van der Waals surface area contributed by atoms with Crippen LogP contribution >= 0.6 is 22.6 Å². The lowest BCUT2D eigenvalue weighted by atomic mass is 10.0. The normalized spacial score (nSPS) is 18.5. The lowest BCUT2D eigenvalue weighted by molar-refractivity contribution is -0.141. The summed E-state index contributed by atoms with van der Waals surface area (Å²) in [6.07, 6.45) is 1.36. The Kier molecular flexibility index (Phi) is 17.6. The molecule has 2 aromatic carbocycles. The number of carboxylic acid groups (broad SMARTS) is 1. The number of rotatable bonds is 14. The van der Waals surface area contributed by atoms with Crippen LogP contribution in [0.4, 0.5) is 0 Å². The molecule has 0 aliphatic carbocycles. The number of hydrogen-bond acceptors (Lipinski definition) is 9. The van der Waals surface area contributed by atoms with Gasteiger partial charge in [-0.05, 0) is 96.5 Å². The van der Waals surface area contributed by atoms with Gasteiger partial charge in [0.25, 0.3) is 5.91 Å². The molecule has 11 N–H and O–H groups in total. The van der Waals surface area contributed by atoms with Gasteiger partial charge in [0.1, 0.15) is 23.9 Å². The molecular weight excluding hydrogens is 829 g/mol. The third-order valence-electron chi connectivity index (χ3n) is 8.66. The number of carbonyl (C=O) groups is 7. The van der Waals surface area contributed by atoms with E-state index in [9.17, 15) is 43.8 Å². The van der Waals surface area contributed by atoms with E-state index in [2.05, 4.69) is 31.6 Å². The number of halogens is 1. The molecule has 3 rings (SSSR count). The molecule has 2 aromatic rings. The Morgan fingerprint density at radius 3 is 2.40 bits per heavy atom. The quantitative estimate of drug-likeness (QED) is 0.0510. The van der Waals surface area contributed by atoms with Crippen LogP contribution < -0.4 is 38.1 Å². The van der Waals surface area contributed by atoms with Crippen LogP contribution in [-0.4, -0.2) is 107 Å². The van der Waals surface area contributed by atoms with Crippen LogP contribution in [0, 0.1) is 3.57 Å². The fourth-order valence-corrected chi connectivity index (χ4v) is 6.27. The number of fused-ring (bicyclic) bond motifs is 2. The van der Waals surface area contributed by atoms with E-state index in [1.54, 1.807) is 24.3 Å². The molecule has 55 heavy (non-hydrogen) atoms. The minimum absolute atomic E-state index is 0.0640. The predicted octanol–water partition coefficient (Wildman–Crippen LogP) is -0.399. The highest BCUT2D eigenvalue weighted by molar-refractivity contribution is 14.1. The lowest BCUT2D eigenvalue weighted by Crippen LogP contribution is -2.56. The summed E-state index contributed by atoms with van der Waals surface area (Å²) in [4.78, 5) is 96.0. The number of phenols is 1. The first-order valence-electron chi connectivity index (χ1n) is 17.7. The second-order valence-electron chi connectivity index (χ2n) is 12.9. The van der Waals surface area contributed by atoms with E-state index in [1.165, 1.54) is 24.1 Å². The molecule has 2 bridgehead atoms. The molecule has 0 saturated carbocycles. The van der Waals surface area contributed by atoms with Crippen LogP contribution in [0.2, 0.25) is 0 Å². The minimum Gasteiger partial charge on any atom is -0.507 e. The van der Waals surface area contributed by atoms with Gasteiger partial charge in [-0.25, -0.2) is 0 Å². The summed E-state index contributed by atoms with van der Waals surface area (Å²) in [6.45, 7) is -0.279. The second kappa shape index (κ2) is 22.0. The van der Waals surface area contributed by atoms with Crippen LogP contribution in [0.1, 0.15) is 66.4 Å². The van der Waals surface area contributed by atoms with Crippen molar-refractivity contribution < 1.29 is 43.8 Å². The van der Waals surface area contributed by atoms with Crippen molar-refractivity contribution in [3.63, 3.8) is 0 Å². The molecule has 3 atom stereocenters. The number of amides is 6. The van der Waals surface area contributed by atoms with Crippen molar-refractivity contribution in [2.75, 3.05) is 26.7 Å². The van der Waals surface area contributed by atoms with Gasteiger partial charge in [0.2, 0.25) is 29.5 Å². The Hall–Kier alpha value is -5.47. The summed E-state index contributed by atoms with van der Waals surface area (Å²) in [6, 6.07) is 7.68. The Bertz CT molecular complexity index is 1750. The first-order chi connectivity index (χ1) is 26.1. The van der Waals surface area contributed by atoms with Gasteiger partial charge >= 0.3 is 5.97 Å². The van der Waals surface area contributed by atoms with Crippen molar-refractivity contribution in [3.8, 4) is 5.75 Å². The number of guanidine groups is 1. The molecule has 1 aliphatic rings. The zero-order valence-corrected chi connectivity index (χ0v) is 32.6. The van der Waals surface area contributed by atoms with Gasteiger partial charge < -0.3 is 53.2 Å². The maximum absolute atomic E-state index is 14.1. The van der Waals surface area contributed by atoms with E-state index in [4.69, 9.17) is 11.5 Å². The Morgan fingerprint density at radius 1 is 0.945 bits per heavy atom. The summed E-state index contributed by atoms with van der Waals surface area (Å²) in [7, 11) is 1.40. The van der Waals surface area contributed by atoms with Gasteiger partial charge in [0.15, 0.2) is 5.96 Å². The Balaban J connectivity index is 1.80. The molecule has 0 fully saturated rings. The van der Waals surface area contributed by atoms with Crippen molar-refractivity contribution in [1.29, 1.82) is 0 Å². The molecule has 1 aliphatic heterocycles. The van der Waals surface area contributed by atoms with Crippen LogP contribution in [0.15, 0.2) is 47.5 Å². The van der Waals surface area contributed by atoms with Crippen molar-refractivity contribution >= 4 is 70.0 Å². The number of nitrogens with one attached hydrogen (secondary N) is 5. The third kappa shape index (κ3) is 15.1. The standard InChI is InChI=1S/C36H48IN9O9/c1-46-27(9-5-15-41-36(38)39)34(54)43-20-30(49)44-26(18-31(50)51)33(53)42-19-22-6-4-7-23(16-22)32(52)45-25(35(46)55)8-2-3-14-40-29(48)13-11-21-10-12-28(47)24(37)17-21/h4,6-7,10,12,16-17,25-27,47H,2-3,5,8-9,11,13-15,18-20H2,1H3,(H,40,48)(H,42,53)(H,43,54)(H,44,49)(H,45,52)(H,50,51)(H4,38,39,41)/t25-,26+,27+/m1/s1. The molecule has 18 nitrogen and oxygen atoms in total. The molecule has 0 unspecified atom stereocenters. The van der Waals surface area contributed by atoms with E-state index in [1.807, 2.05) is 28.7 Å². The van der Waals surface area contributed by atoms with Crippen molar-refractivity contribution in [2.45, 2.75) is 76.0 Å². The molecule has 19 heteroatoms. The Labute approximate surface area is 331 Å². The van der Waals surface area contributed by atoms with Gasteiger partial charge in [-0.15, -0.1) is 0 Å². The minimum atomic E-state index is -1.46. The SMILES string of the molecule is CN1C(=O)[C@@H](CCCCNC(=O)CCc2ccc(O)c(I)c2)NC(=O)c2cccc(c2)CNC(=O)[C@H](CC(=O)O)NC(=O)CNC(=O)[C@@H]1CCCN=C(N)N. The molecular formula is C36H48IN9O9. The number of carboxylic acids is 1. The number of nitrogens with two attached hydrogens (primary N) is 2. The first-order valence-corrected chi connectivity index (χ1v) is 18.7. The number of aliphatic carboxylic acids is 1. The fourth-order valence-electron chi connectivity index (χ4n) is 5.69. The molecule has 0 aromatic heterocycles. The number of aromatic hydroxyl groups is 1. The number of nitrogens with zero attached hydrogens (tertiary/aromatic N) is 2. The molecule has 0 saturated heterocycles. The average Bonchev–Trinajstić information content (AvgIpc) is 3.14. The van der Waals surface area contributed by atoms with E-state index >= 15 is 0 Å². The zero-order valence-electron chi connectivity index (χ0n) is 30.4. The molecule has 0 spiro atoms. The van der Waals surface area contributed by atoms with Crippen LogP contribution in [0.5, 0.6) is 5.75 Å². The molecule has 298 valence electrons. The zero-order chi connectivity index (χ0) is 40.5.